The van der Waals surface area contributed by atoms with E-state index in [4.69, 9.17) is 18.9 Å². The normalized spacial score (nSPS) is 30.0. The van der Waals surface area contributed by atoms with Gasteiger partial charge < -0.3 is 34.3 Å². The van der Waals surface area contributed by atoms with Crippen molar-refractivity contribution in [2.45, 2.75) is 106 Å². The molecule has 20 heteroatoms. The van der Waals surface area contributed by atoms with Crippen LogP contribution in [-0.2, 0) is 29.1 Å². The van der Waals surface area contributed by atoms with Crippen LogP contribution in [0.3, 0.4) is 0 Å². The Hall–Kier alpha value is -4.85. The molecule has 2 aliphatic carbocycles. The van der Waals surface area contributed by atoms with Gasteiger partial charge in [0.25, 0.3) is 5.91 Å². The number of amides is 4. The molecule has 60 heavy (non-hydrogen) atoms. The minimum Gasteiger partial charge on any atom is -0.497 e. The molecule has 2 saturated carbocycles. The fourth-order valence-corrected chi connectivity index (χ4v) is 10.0. The summed E-state index contributed by atoms with van der Waals surface area (Å²) in [4.78, 5) is 62.5. The van der Waals surface area contributed by atoms with Gasteiger partial charge in [-0.2, -0.15) is 18.2 Å². The Morgan fingerprint density at radius 1 is 1.10 bits per heavy atom. The van der Waals surface area contributed by atoms with Crippen molar-refractivity contribution in [2.75, 3.05) is 34.0 Å². The summed E-state index contributed by atoms with van der Waals surface area (Å²) < 4.78 is 94.5. The number of halogens is 3. The SMILES string of the molecule is COc1ccc2c(O[C@@H]3C[C@H]4C(=O)N[C@]5(C(=O)NS(=O)(=O)C6(C)CC6)C[C@H]5C=CCC[C@H](C)C[C@@H](C)[C@H](N(C(=O)O)C5(C(F)(F)F)COC5)C(=O)N4C3)nc(OC)cc2c1. The summed E-state index contributed by atoms with van der Waals surface area (Å²) in [6.07, 6.45) is -3.10. The Morgan fingerprint density at radius 2 is 1.82 bits per heavy atom. The number of ether oxygens (including phenoxy) is 4. The molecule has 0 spiro atoms. The zero-order valence-corrected chi connectivity index (χ0v) is 34.7. The van der Waals surface area contributed by atoms with Gasteiger partial charge in [0.1, 0.15) is 29.5 Å². The maximum absolute atomic E-state index is 15.1. The van der Waals surface area contributed by atoms with Gasteiger partial charge in [-0.3, -0.25) is 24.0 Å². The van der Waals surface area contributed by atoms with Crippen molar-refractivity contribution in [3.8, 4) is 17.5 Å². The van der Waals surface area contributed by atoms with Gasteiger partial charge in [-0.25, -0.2) is 13.2 Å². The van der Waals surface area contributed by atoms with Gasteiger partial charge in [-0.15, -0.1) is 0 Å². The molecule has 2 saturated heterocycles. The van der Waals surface area contributed by atoms with Crippen LogP contribution in [-0.4, -0.2) is 126 Å². The number of carbonyl (C=O) groups is 4. The van der Waals surface area contributed by atoms with Crippen LogP contribution < -0.4 is 24.2 Å². The minimum atomic E-state index is -5.13. The molecule has 0 bridgehead atoms. The van der Waals surface area contributed by atoms with Gasteiger partial charge in [0.15, 0.2) is 5.54 Å². The van der Waals surface area contributed by atoms with Crippen molar-refractivity contribution >= 4 is 44.6 Å². The van der Waals surface area contributed by atoms with Crippen LogP contribution in [0.1, 0.15) is 65.7 Å². The van der Waals surface area contributed by atoms with Gasteiger partial charge in [0, 0.05) is 23.8 Å². The first kappa shape index (κ1) is 43.2. The third-order valence-corrected chi connectivity index (χ3v) is 15.0. The summed E-state index contributed by atoms with van der Waals surface area (Å²) in [5.41, 5.74) is -4.79. The lowest BCUT2D eigenvalue weighted by Crippen LogP contribution is -2.76. The predicted octanol–water partition coefficient (Wildman–Crippen LogP) is 4.17. The van der Waals surface area contributed by atoms with Crippen molar-refractivity contribution < 1.29 is 64.8 Å². The van der Waals surface area contributed by atoms with E-state index in [0.29, 0.717) is 42.2 Å². The molecule has 16 nitrogen and oxygen atoms in total. The van der Waals surface area contributed by atoms with Crippen LogP contribution in [0.15, 0.2) is 36.4 Å². The third kappa shape index (κ3) is 7.68. The number of carbonyl (C=O) groups excluding carboxylic acids is 3. The topological polar surface area (TPSA) is 203 Å². The zero-order valence-electron chi connectivity index (χ0n) is 33.9. The first-order valence-corrected chi connectivity index (χ1v) is 21.4. The van der Waals surface area contributed by atoms with Gasteiger partial charge >= 0.3 is 12.3 Å². The number of nitrogens with one attached hydrogen (secondary N) is 2. The van der Waals surface area contributed by atoms with E-state index >= 15 is 4.79 Å². The summed E-state index contributed by atoms with van der Waals surface area (Å²) in [6, 6.07) is 3.25. The highest BCUT2D eigenvalue weighted by atomic mass is 32.2. The molecule has 1 aromatic carbocycles. The molecule has 4 heterocycles. The van der Waals surface area contributed by atoms with Crippen molar-refractivity contribution in [3.05, 3.63) is 36.4 Å². The molecular formula is C40H50F3N5O11S. The average molecular weight is 866 g/mol. The number of alkyl halides is 3. The number of aromatic nitrogens is 1. The van der Waals surface area contributed by atoms with Crippen molar-refractivity contribution in [2.24, 2.45) is 17.8 Å². The Balaban J connectivity index is 1.30. The highest BCUT2D eigenvalue weighted by Crippen LogP contribution is 2.48. The molecule has 3 N–H and O–H groups in total. The molecular weight excluding hydrogens is 816 g/mol. The Morgan fingerprint density at radius 3 is 2.42 bits per heavy atom. The lowest BCUT2D eigenvalue weighted by atomic mass is 9.83. The Labute approximate surface area is 345 Å². The molecule has 7 rings (SSSR count). The fraction of sp³-hybridized carbons (Fsp3) is 0.625. The molecule has 1 aromatic heterocycles. The second-order valence-electron chi connectivity index (χ2n) is 17.1. The largest absolute Gasteiger partial charge is 0.497 e. The van der Waals surface area contributed by atoms with E-state index in [-0.39, 0.29) is 41.8 Å². The number of hydrogen-bond donors (Lipinski definition) is 3. The van der Waals surface area contributed by atoms with Crippen LogP contribution >= 0.6 is 0 Å². The van der Waals surface area contributed by atoms with Crippen molar-refractivity contribution in [1.29, 1.82) is 0 Å². The standard InChI is InChI=1S/C40H50F3N5O11S/c1-22-8-6-7-9-25-18-39(25,35(51)46-60(54,55)37(3)12-13-37)45-32(49)29-17-27(59-33-28-11-10-26(56-4)15-24(28)16-30(44-33)57-5)19-47(29)34(50)31(23(2)14-22)48(36(52)53)38(20-58-21-38)40(41,42)43/h7,9-11,15-16,22-23,25,27,29,31H,6,8,12-14,17-21H2,1-5H3,(H,45,49)(H,46,51)(H,52,53)/t22-,23+,25+,27+,29-,31-,39+/m0/s1. The quantitative estimate of drug-likeness (QED) is 0.304. The number of sulfonamides is 1. The number of fused-ring (bicyclic) bond motifs is 3. The molecule has 328 valence electrons. The second kappa shape index (κ2) is 15.6. The third-order valence-electron chi connectivity index (χ3n) is 12.8. The van der Waals surface area contributed by atoms with Gasteiger partial charge in [-0.1, -0.05) is 26.0 Å². The maximum atomic E-state index is 15.1. The van der Waals surface area contributed by atoms with E-state index in [1.807, 2.05) is 6.92 Å². The number of carboxylic acid groups (broad SMARTS) is 1. The molecule has 4 fully saturated rings. The number of allylic oxidation sites excluding steroid dienone is 1. The van der Waals surface area contributed by atoms with Crippen LogP contribution in [0.25, 0.3) is 10.8 Å². The molecule has 5 aliphatic rings. The van der Waals surface area contributed by atoms with E-state index in [1.54, 1.807) is 36.4 Å². The van der Waals surface area contributed by atoms with E-state index in [9.17, 15) is 41.1 Å². The van der Waals surface area contributed by atoms with Crippen LogP contribution in [0.2, 0.25) is 0 Å². The first-order chi connectivity index (χ1) is 28.2. The summed E-state index contributed by atoms with van der Waals surface area (Å²) in [6.45, 7) is 2.40. The summed E-state index contributed by atoms with van der Waals surface area (Å²) in [5.74, 6) is -4.03. The fourth-order valence-electron chi connectivity index (χ4n) is 8.70. The van der Waals surface area contributed by atoms with E-state index < -0.39 is 106 Å². The number of rotatable bonds is 9. The average Bonchev–Trinajstić information content (AvgIpc) is 4.04. The predicted molar refractivity (Wildman–Crippen MR) is 208 cm³/mol. The van der Waals surface area contributed by atoms with Crippen molar-refractivity contribution in [1.82, 2.24) is 24.8 Å². The first-order valence-electron chi connectivity index (χ1n) is 19.9. The highest BCUT2D eigenvalue weighted by Gasteiger charge is 2.68. The van der Waals surface area contributed by atoms with E-state index in [0.717, 1.165) is 4.90 Å². The van der Waals surface area contributed by atoms with Crippen LogP contribution in [0.4, 0.5) is 18.0 Å². The summed E-state index contributed by atoms with van der Waals surface area (Å²) in [7, 11) is -1.25. The smallest absolute Gasteiger partial charge is 0.416 e. The molecule has 3 aliphatic heterocycles. The Bertz CT molecular complexity index is 2190. The minimum absolute atomic E-state index is 0.0349. The number of benzene rings is 1. The van der Waals surface area contributed by atoms with Crippen LogP contribution in [0.5, 0.6) is 17.5 Å². The van der Waals surface area contributed by atoms with Gasteiger partial charge in [0.2, 0.25) is 33.6 Å². The highest BCUT2D eigenvalue weighted by molar-refractivity contribution is 7.91. The number of hydrogen-bond acceptors (Lipinski definition) is 11. The Kier molecular flexibility index (Phi) is 11.2. The van der Waals surface area contributed by atoms with Crippen LogP contribution in [0, 0.1) is 17.8 Å². The van der Waals surface area contributed by atoms with Gasteiger partial charge in [-0.05, 0) is 80.9 Å². The lowest BCUT2D eigenvalue weighted by Gasteiger charge is -2.52. The monoisotopic (exact) mass is 865 g/mol. The number of methoxy groups -OCH3 is 2. The second-order valence-corrected chi connectivity index (χ2v) is 19.3. The van der Waals surface area contributed by atoms with E-state index in [1.165, 1.54) is 28.1 Å². The van der Waals surface area contributed by atoms with Gasteiger partial charge in [0.05, 0.1) is 38.7 Å². The number of pyridine rings is 1. The summed E-state index contributed by atoms with van der Waals surface area (Å²) in [5, 5.41) is 14.4. The molecule has 4 amide bonds. The zero-order chi connectivity index (χ0) is 43.6. The molecule has 7 atom stereocenters. The molecule has 0 radical (unpaired) electrons. The lowest BCUT2D eigenvalue weighted by molar-refractivity contribution is -0.304. The van der Waals surface area contributed by atoms with E-state index in [2.05, 4.69) is 15.0 Å². The molecule has 0 unspecified atom stereocenters. The number of nitrogens with zero attached hydrogens (tertiary/aromatic N) is 3. The van der Waals surface area contributed by atoms with Crippen molar-refractivity contribution in [3.63, 3.8) is 0 Å². The molecule has 2 aromatic rings. The summed E-state index contributed by atoms with van der Waals surface area (Å²) >= 11 is 0. The maximum Gasteiger partial charge on any atom is 0.416 e.